The van der Waals surface area contributed by atoms with Gasteiger partial charge in [-0.3, -0.25) is 0 Å². The van der Waals surface area contributed by atoms with Gasteiger partial charge in [0.05, 0.1) is 6.61 Å². The molecule has 0 saturated carbocycles. The summed E-state index contributed by atoms with van der Waals surface area (Å²) in [7, 11) is 1.28. The minimum atomic E-state index is -1.75. The molecule has 0 spiro atoms. The summed E-state index contributed by atoms with van der Waals surface area (Å²) >= 11 is 0. The van der Waals surface area contributed by atoms with Crippen LogP contribution in [-0.4, -0.2) is 64.3 Å². The van der Waals surface area contributed by atoms with Crippen molar-refractivity contribution in [2.45, 2.75) is 36.6 Å². The minimum Gasteiger partial charge on any atom is -0.394 e. The van der Waals surface area contributed by atoms with E-state index in [9.17, 15) is 15.3 Å². The van der Waals surface area contributed by atoms with E-state index in [4.69, 9.17) is 14.6 Å². The topological polar surface area (TPSA) is 99.4 Å². The molecule has 20 heavy (non-hydrogen) atoms. The van der Waals surface area contributed by atoms with E-state index in [-0.39, 0.29) is 6.42 Å². The van der Waals surface area contributed by atoms with Gasteiger partial charge in [0, 0.05) is 13.5 Å². The largest absolute Gasteiger partial charge is 0.394 e. The molecular weight excluding hydrogens is 264 g/mol. The lowest BCUT2D eigenvalue weighted by atomic mass is 9.95. The monoisotopic (exact) mass is 284 g/mol. The highest BCUT2D eigenvalue weighted by atomic mass is 16.7. The summed E-state index contributed by atoms with van der Waals surface area (Å²) in [6.45, 7) is -0.471. The Hall–Kier alpha value is -1.02. The zero-order valence-corrected chi connectivity index (χ0v) is 11.2. The van der Waals surface area contributed by atoms with Crippen LogP contribution >= 0.6 is 0 Å². The smallest absolute Gasteiger partial charge is 0.224 e. The molecule has 0 radical (unpaired) electrons. The molecule has 1 aromatic rings. The Bertz CT molecular complexity index is 425. The molecule has 6 nitrogen and oxygen atoms in total. The molecule has 1 aliphatic rings. The number of rotatable bonds is 5. The van der Waals surface area contributed by atoms with Gasteiger partial charge in [0.25, 0.3) is 0 Å². The van der Waals surface area contributed by atoms with Crippen LogP contribution in [0.15, 0.2) is 30.3 Å². The molecule has 4 N–H and O–H groups in total. The molecule has 0 aromatic heterocycles. The Morgan fingerprint density at radius 1 is 1.30 bits per heavy atom. The van der Waals surface area contributed by atoms with Crippen LogP contribution in [0.5, 0.6) is 0 Å². The van der Waals surface area contributed by atoms with Gasteiger partial charge in [-0.25, -0.2) is 0 Å². The number of aliphatic hydroxyl groups is 4. The van der Waals surface area contributed by atoms with Crippen molar-refractivity contribution in [2.75, 3.05) is 13.7 Å². The number of methoxy groups -OCH3 is 1. The van der Waals surface area contributed by atoms with Crippen LogP contribution in [-0.2, 0) is 15.9 Å². The predicted molar refractivity (Wildman–Crippen MR) is 69.9 cm³/mol. The third-order valence-electron chi connectivity index (χ3n) is 3.69. The Kier molecular flexibility index (Phi) is 4.74. The van der Waals surface area contributed by atoms with Crippen molar-refractivity contribution in [1.82, 2.24) is 0 Å². The van der Waals surface area contributed by atoms with E-state index in [2.05, 4.69) is 0 Å². The Morgan fingerprint density at radius 3 is 2.45 bits per heavy atom. The lowest BCUT2D eigenvalue weighted by Crippen LogP contribution is -2.54. The lowest BCUT2D eigenvalue weighted by Gasteiger charge is -2.35. The van der Waals surface area contributed by atoms with Crippen molar-refractivity contribution < 1.29 is 29.9 Å². The fraction of sp³-hybridized carbons (Fsp3) is 0.571. The highest BCUT2D eigenvalue weighted by Crippen LogP contribution is 2.36. The third-order valence-corrected chi connectivity index (χ3v) is 3.69. The van der Waals surface area contributed by atoms with Gasteiger partial charge in [0.1, 0.15) is 24.4 Å². The highest BCUT2D eigenvalue weighted by Gasteiger charge is 2.58. The molecular formula is C14H20O6. The number of aliphatic hydroxyl groups excluding tert-OH is 4. The van der Waals surface area contributed by atoms with Crippen LogP contribution in [0.3, 0.4) is 0 Å². The van der Waals surface area contributed by atoms with Gasteiger partial charge in [-0.1, -0.05) is 30.3 Å². The van der Waals surface area contributed by atoms with Crippen molar-refractivity contribution >= 4 is 0 Å². The zero-order chi connectivity index (χ0) is 14.8. The van der Waals surface area contributed by atoms with Gasteiger partial charge in [-0.05, 0) is 5.56 Å². The molecule has 5 atom stereocenters. The van der Waals surface area contributed by atoms with Crippen molar-refractivity contribution in [3.63, 3.8) is 0 Å². The average Bonchev–Trinajstić information content (AvgIpc) is 2.73. The summed E-state index contributed by atoms with van der Waals surface area (Å²) < 4.78 is 10.5. The maximum atomic E-state index is 10.4. The standard InChI is InChI=1S/C14H20O6/c1-19-14(13(18)12(17)10(8-15)20-14)11(16)7-9-5-3-2-4-6-9/h2-6,10-13,15-18H,7-8H2,1H3/t10-,11?,12-,13+,14+/m1/s1. The second-order valence-electron chi connectivity index (χ2n) is 4.91. The average molecular weight is 284 g/mol. The van der Waals surface area contributed by atoms with Crippen LogP contribution in [0.2, 0.25) is 0 Å². The van der Waals surface area contributed by atoms with E-state index >= 15 is 0 Å². The number of hydrogen-bond donors (Lipinski definition) is 4. The summed E-state index contributed by atoms with van der Waals surface area (Å²) in [5, 5.41) is 39.4. The normalized spacial score (nSPS) is 35.1. The van der Waals surface area contributed by atoms with Crippen molar-refractivity contribution in [1.29, 1.82) is 0 Å². The first kappa shape index (κ1) is 15.4. The summed E-state index contributed by atoms with van der Waals surface area (Å²) in [4.78, 5) is 0. The van der Waals surface area contributed by atoms with Crippen LogP contribution in [0.25, 0.3) is 0 Å². The Balaban J connectivity index is 2.18. The van der Waals surface area contributed by atoms with E-state index in [1.807, 2.05) is 30.3 Å². The van der Waals surface area contributed by atoms with Gasteiger partial charge >= 0.3 is 0 Å². The van der Waals surface area contributed by atoms with Gasteiger partial charge in [0.15, 0.2) is 0 Å². The number of benzene rings is 1. The van der Waals surface area contributed by atoms with E-state index in [0.29, 0.717) is 0 Å². The molecule has 2 rings (SSSR count). The van der Waals surface area contributed by atoms with Crippen molar-refractivity contribution in [2.24, 2.45) is 0 Å². The maximum absolute atomic E-state index is 10.4. The molecule has 1 heterocycles. The predicted octanol–water partition coefficient (Wildman–Crippen LogP) is -0.954. The fourth-order valence-electron chi connectivity index (χ4n) is 2.52. The van der Waals surface area contributed by atoms with Gasteiger partial charge < -0.3 is 29.9 Å². The SMILES string of the molecule is CO[C@@]1(C(O)Cc2ccccc2)O[C@H](CO)[C@@H](O)[C@@H]1O. The molecule has 1 saturated heterocycles. The molecule has 1 aliphatic heterocycles. The van der Waals surface area contributed by atoms with Crippen LogP contribution in [0.1, 0.15) is 5.56 Å². The van der Waals surface area contributed by atoms with Gasteiger partial charge in [-0.2, -0.15) is 0 Å². The summed E-state index contributed by atoms with van der Waals surface area (Å²) in [5.74, 6) is -1.75. The number of hydrogen-bond acceptors (Lipinski definition) is 6. The quantitative estimate of drug-likeness (QED) is 0.556. The fourth-order valence-corrected chi connectivity index (χ4v) is 2.52. The first-order valence-electron chi connectivity index (χ1n) is 6.47. The van der Waals surface area contributed by atoms with E-state index in [0.717, 1.165) is 5.56 Å². The minimum absolute atomic E-state index is 0.191. The molecule has 112 valence electrons. The maximum Gasteiger partial charge on any atom is 0.224 e. The Morgan fingerprint density at radius 2 is 1.95 bits per heavy atom. The molecule has 0 bridgehead atoms. The first-order valence-corrected chi connectivity index (χ1v) is 6.47. The summed E-state index contributed by atoms with van der Waals surface area (Å²) in [6, 6.07) is 9.17. The van der Waals surface area contributed by atoms with Crippen LogP contribution < -0.4 is 0 Å². The van der Waals surface area contributed by atoms with Crippen LogP contribution in [0, 0.1) is 0 Å². The summed E-state index contributed by atoms with van der Waals surface area (Å²) in [5.41, 5.74) is 0.842. The lowest BCUT2D eigenvalue weighted by molar-refractivity contribution is -0.291. The summed E-state index contributed by atoms with van der Waals surface area (Å²) in [6.07, 6.45) is -4.74. The molecule has 0 amide bonds. The second kappa shape index (κ2) is 6.17. The van der Waals surface area contributed by atoms with Gasteiger partial charge in [0.2, 0.25) is 5.79 Å². The van der Waals surface area contributed by atoms with Crippen molar-refractivity contribution in [3.8, 4) is 0 Å². The van der Waals surface area contributed by atoms with Gasteiger partial charge in [-0.15, -0.1) is 0 Å². The van der Waals surface area contributed by atoms with E-state index in [1.54, 1.807) is 0 Å². The van der Waals surface area contributed by atoms with Crippen molar-refractivity contribution in [3.05, 3.63) is 35.9 Å². The van der Waals surface area contributed by atoms with E-state index < -0.39 is 36.8 Å². The Labute approximate surface area is 117 Å². The molecule has 0 aliphatic carbocycles. The molecule has 1 aromatic carbocycles. The molecule has 6 heteroatoms. The van der Waals surface area contributed by atoms with E-state index in [1.165, 1.54) is 7.11 Å². The first-order chi connectivity index (χ1) is 9.55. The molecule has 1 fully saturated rings. The zero-order valence-electron chi connectivity index (χ0n) is 11.2. The third kappa shape index (κ3) is 2.58. The number of ether oxygens (including phenoxy) is 2. The second-order valence-corrected chi connectivity index (χ2v) is 4.91. The highest BCUT2D eigenvalue weighted by molar-refractivity contribution is 5.17. The van der Waals surface area contributed by atoms with Crippen LogP contribution in [0.4, 0.5) is 0 Å². The molecule has 1 unspecified atom stereocenters.